The number of nitrogens with one attached hydrogen (secondary N) is 1. The summed E-state index contributed by atoms with van der Waals surface area (Å²) in [7, 11) is -3.65. The normalized spacial score (nSPS) is 11.3. The van der Waals surface area contributed by atoms with Crippen LogP contribution in [0.15, 0.2) is 39.9 Å². The first-order valence-corrected chi connectivity index (χ1v) is 8.95. The number of nitro benzene ring substituents is 1. The third-order valence-corrected chi connectivity index (χ3v) is 4.75. The van der Waals surface area contributed by atoms with Crippen LogP contribution in [-0.2, 0) is 16.3 Å². The van der Waals surface area contributed by atoms with Crippen molar-refractivity contribution >= 4 is 32.5 Å². The summed E-state index contributed by atoms with van der Waals surface area (Å²) < 4.78 is 23.3. The summed E-state index contributed by atoms with van der Waals surface area (Å²) in [6, 6.07) is 6.24. The maximum absolute atomic E-state index is 11.6. The largest absolute Gasteiger partial charge is 0.379 e. The zero-order chi connectivity index (χ0) is 15.5. The van der Waals surface area contributed by atoms with Crippen LogP contribution < -0.4 is 5.32 Å². The first-order chi connectivity index (χ1) is 9.89. The zero-order valence-corrected chi connectivity index (χ0v) is 12.9. The number of hydrogen-bond donors (Lipinski definition) is 1. The van der Waals surface area contributed by atoms with E-state index < -0.39 is 20.4 Å². The summed E-state index contributed by atoms with van der Waals surface area (Å²) in [6.45, 7) is 0.491. The first kappa shape index (κ1) is 15.5. The molecule has 1 heterocycles. The molecule has 2 rings (SSSR count). The number of rotatable bonds is 6. The highest BCUT2D eigenvalue weighted by molar-refractivity contribution is 7.90. The molecule has 112 valence electrons. The third kappa shape index (κ3) is 3.79. The second-order valence-electron chi connectivity index (χ2n) is 4.49. The monoisotopic (exact) mass is 326 g/mol. The van der Waals surface area contributed by atoms with E-state index in [1.807, 2.05) is 16.8 Å². The number of thiophene rings is 1. The fraction of sp³-hybridized carbons (Fsp3) is 0.231. The minimum atomic E-state index is -3.65. The number of nitro groups is 1. The first-order valence-electron chi connectivity index (χ1n) is 6.12. The van der Waals surface area contributed by atoms with E-state index in [9.17, 15) is 18.5 Å². The average molecular weight is 326 g/mol. The maximum atomic E-state index is 11.6. The van der Waals surface area contributed by atoms with Gasteiger partial charge in [-0.05, 0) is 40.9 Å². The van der Waals surface area contributed by atoms with Crippen molar-refractivity contribution in [3.8, 4) is 0 Å². The molecule has 6 nitrogen and oxygen atoms in total. The smallest absolute Gasteiger partial charge is 0.310 e. The zero-order valence-electron chi connectivity index (χ0n) is 11.3. The summed E-state index contributed by atoms with van der Waals surface area (Å²) in [5.41, 5.74) is 0.956. The van der Waals surface area contributed by atoms with Gasteiger partial charge < -0.3 is 5.32 Å². The lowest BCUT2D eigenvalue weighted by molar-refractivity contribution is -0.386. The predicted molar refractivity (Wildman–Crippen MR) is 82.7 cm³/mol. The van der Waals surface area contributed by atoms with Gasteiger partial charge in [-0.2, -0.15) is 11.3 Å². The van der Waals surface area contributed by atoms with Crippen molar-refractivity contribution < 1.29 is 13.3 Å². The Hall–Kier alpha value is -1.93. The van der Waals surface area contributed by atoms with Crippen LogP contribution in [0, 0.1) is 10.1 Å². The number of nitrogens with zero attached hydrogens (tertiary/aromatic N) is 1. The van der Waals surface area contributed by atoms with E-state index in [0.717, 1.165) is 11.8 Å². The van der Waals surface area contributed by atoms with Crippen molar-refractivity contribution in [3.63, 3.8) is 0 Å². The van der Waals surface area contributed by atoms with Crippen LogP contribution in [0.4, 0.5) is 11.4 Å². The molecule has 0 saturated heterocycles. The molecule has 0 unspecified atom stereocenters. The summed E-state index contributed by atoms with van der Waals surface area (Å²) >= 11 is 1.58. The van der Waals surface area contributed by atoms with E-state index in [1.54, 1.807) is 11.3 Å². The molecular formula is C13H14N2O4S2. The Kier molecular flexibility index (Phi) is 4.59. The van der Waals surface area contributed by atoms with E-state index >= 15 is 0 Å². The standard InChI is InChI=1S/C13H14N2O4S2/c1-21(18,19)12-4-2-3-11(13(12)15(16)17)14-7-5-10-6-8-20-9-10/h2-4,6,8-9,14H,5,7H2,1H3. The minimum Gasteiger partial charge on any atom is -0.379 e. The van der Waals surface area contributed by atoms with Crippen molar-refractivity contribution in [2.45, 2.75) is 11.3 Å². The molecular weight excluding hydrogens is 312 g/mol. The quantitative estimate of drug-likeness (QED) is 0.651. The molecule has 1 aromatic carbocycles. The highest BCUT2D eigenvalue weighted by Crippen LogP contribution is 2.31. The van der Waals surface area contributed by atoms with Gasteiger partial charge in [0.15, 0.2) is 9.84 Å². The summed E-state index contributed by atoms with van der Waals surface area (Å²) in [5.74, 6) is 0. The molecule has 2 aromatic rings. The van der Waals surface area contributed by atoms with Crippen LogP contribution >= 0.6 is 11.3 Å². The minimum absolute atomic E-state index is 0.221. The van der Waals surface area contributed by atoms with Crippen molar-refractivity contribution in [3.05, 3.63) is 50.7 Å². The lowest BCUT2D eigenvalue weighted by Gasteiger charge is -2.09. The molecule has 1 N–H and O–H groups in total. The van der Waals surface area contributed by atoms with E-state index in [-0.39, 0.29) is 10.6 Å². The molecule has 0 aliphatic heterocycles. The fourth-order valence-corrected chi connectivity index (χ4v) is 3.49. The van der Waals surface area contributed by atoms with Crippen LogP contribution in [0.3, 0.4) is 0 Å². The van der Waals surface area contributed by atoms with Gasteiger partial charge in [-0.15, -0.1) is 0 Å². The maximum Gasteiger partial charge on any atom is 0.310 e. The highest BCUT2D eigenvalue weighted by atomic mass is 32.2. The molecule has 0 fully saturated rings. The Morgan fingerprint density at radius 2 is 2.10 bits per heavy atom. The number of para-hydroxylation sites is 1. The molecule has 0 atom stereocenters. The number of benzene rings is 1. The highest BCUT2D eigenvalue weighted by Gasteiger charge is 2.25. The summed E-state index contributed by atoms with van der Waals surface area (Å²) in [5, 5.41) is 18.1. The molecule has 1 aromatic heterocycles. The van der Waals surface area contributed by atoms with Gasteiger partial charge in [0.25, 0.3) is 0 Å². The Morgan fingerprint density at radius 1 is 1.33 bits per heavy atom. The van der Waals surface area contributed by atoms with Gasteiger partial charge in [0.2, 0.25) is 0 Å². The number of anilines is 1. The molecule has 0 aliphatic rings. The molecule has 0 bridgehead atoms. The molecule has 0 aliphatic carbocycles. The summed E-state index contributed by atoms with van der Waals surface area (Å²) in [6.07, 6.45) is 1.67. The van der Waals surface area contributed by atoms with E-state index in [4.69, 9.17) is 0 Å². The summed E-state index contributed by atoms with van der Waals surface area (Å²) in [4.78, 5) is 10.3. The predicted octanol–water partition coefficient (Wildman–Crippen LogP) is 2.71. The van der Waals surface area contributed by atoms with Gasteiger partial charge in [-0.1, -0.05) is 6.07 Å². The molecule has 0 amide bonds. The van der Waals surface area contributed by atoms with Gasteiger partial charge in [0, 0.05) is 12.8 Å². The molecule has 0 radical (unpaired) electrons. The topological polar surface area (TPSA) is 89.3 Å². The number of hydrogen-bond acceptors (Lipinski definition) is 6. The lowest BCUT2D eigenvalue weighted by Crippen LogP contribution is -2.09. The van der Waals surface area contributed by atoms with Gasteiger partial charge in [-0.25, -0.2) is 8.42 Å². The van der Waals surface area contributed by atoms with Gasteiger partial charge in [-0.3, -0.25) is 10.1 Å². The van der Waals surface area contributed by atoms with E-state index in [2.05, 4.69) is 5.32 Å². The molecule has 0 saturated carbocycles. The Morgan fingerprint density at radius 3 is 2.67 bits per heavy atom. The second-order valence-corrected chi connectivity index (χ2v) is 7.25. The third-order valence-electron chi connectivity index (χ3n) is 2.89. The van der Waals surface area contributed by atoms with E-state index in [0.29, 0.717) is 13.0 Å². The van der Waals surface area contributed by atoms with Gasteiger partial charge >= 0.3 is 5.69 Å². The van der Waals surface area contributed by atoms with E-state index in [1.165, 1.54) is 18.2 Å². The molecule has 21 heavy (non-hydrogen) atoms. The average Bonchev–Trinajstić information content (AvgIpc) is 2.90. The van der Waals surface area contributed by atoms with Gasteiger partial charge in [0.05, 0.1) is 4.92 Å². The lowest BCUT2D eigenvalue weighted by atomic mass is 10.2. The SMILES string of the molecule is CS(=O)(=O)c1cccc(NCCc2ccsc2)c1[N+](=O)[O-]. The number of sulfone groups is 1. The second kappa shape index (κ2) is 6.23. The Bertz CT molecular complexity index is 740. The van der Waals surface area contributed by atoms with Crippen molar-refractivity contribution in [1.82, 2.24) is 0 Å². The Balaban J connectivity index is 2.24. The van der Waals surface area contributed by atoms with Crippen molar-refractivity contribution in [2.24, 2.45) is 0 Å². The van der Waals surface area contributed by atoms with Crippen LogP contribution in [0.25, 0.3) is 0 Å². The van der Waals surface area contributed by atoms with Crippen molar-refractivity contribution in [1.29, 1.82) is 0 Å². The van der Waals surface area contributed by atoms with Crippen LogP contribution in [0.1, 0.15) is 5.56 Å². The van der Waals surface area contributed by atoms with Crippen LogP contribution in [-0.4, -0.2) is 26.1 Å². The molecule has 8 heteroatoms. The Labute approximate surface area is 126 Å². The van der Waals surface area contributed by atoms with Crippen LogP contribution in [0.2, 0.25) is 0 Å². The van der Waals surface area contributed by atoms with Crippen LogP contribution in [0.5, 0.6) is 0 Å². The van der Waals surface area contributed by atoms with Crippen molar-refractivity contribution in [2.75, 3.05) is 18.1 Å². The molecule has 0 spiro atoms. The van der Waals surface area contributed by atoms with Gasteiger partial charge in [0.1, 0.15) is 10.6 Å². The fourth-order valence-electron chi connectivity index (χ4n) is 1.93.